The average molecular weight is 421 g/mol. The quantitative estimate of drug-likeness (QED) is 0.652. The molecule has 0 saturated carbocycles. The van der Waals surface area contributed by atoms with Crippen molar-refractivity contribution in [1.82, 2.24) is 9.21 Å². The van der Waals surface area contributed by atoms with Gasteiger partial charge in [-0.3, -0.25) is 4.90 Å². The second-order valence-corrected chi connectivity index (χ2v) is 9.90. The Kier molecular flexibility index (Phi) is 5.00. The number of hydrogen-bond acceptors (Lipinski definition) is 7. The predicted molar refractivity (Wildman–Crippen MR) is 107 cm³/mol. The SMILES string of the molecule is Cc1c(O)ccc2c(CN3CCN(S(=O)(=O)c4cccs4)CC3)cc(=O)oc12. The summed E-state index contributed by atoms with van der Waals surface area (Å²) in [7, 11) is -3.43. The molecule has 0 aliphatic carbocycles. The summed E-state index contributed by atoms with van der Waals surface area (Å²) in [4.78, 5) is 14.1. The van der Waals surface area contributed by atoms with E-state index in [1.807, 2.05) is 0 Å². The summed E-state index contributed by atoms with van der Waals surface area (Å²) in [6.07, 6.45) is 0. The highest BCUT2D eigenvalue weighted by Gasteiger charge is 2.29. The fourth-order valence-corrected chi connectivity index (χ4v) is 6.02. The van der Waals surface area contributed by atoms with Crippen molar-refractivity contribution in [3.8, 4) is 5.75 Å². The third kappa shape index (κ3) is 3.46. The predicted octanol–water partition coefficient (Wildman–Crippen LogP) is 2.38. The van der Waals surface area contributed by atoms with Crippen LogP contribution in [0, 0.1) is 6.92 Å². The highest BCUT2D eigenvalue weighted by atomic mass is 32.2. The lowest BCUT2D eigenvalue weighted by Gasteiger charge is -2.33. The Labute approximate surface area is 166 Å². The Balaban J connectivity index is 1.53. The summed E-state index contributed by atoms with van der Waals surface area (Å²) >= 11 is 1.22. The molecule has 1 N–H and O–H groups in total. The van der Waals surface area contributed by atoms with Gasteiger partial charge in [-0.25, -0.2) is 13.2 Å². The molecule has 0 spiro atoms. The standard InChI is InChI=1S/C19H20N2O5S2/c1-13-16(22)5-4-15-14(11-17(23)26-19(13)15)12-20-6-8-21(9-7-20)28(24,25)18-3-2-10-27-18/h2-5,10-11,22H,6-9,12H2,1H3. The monoisotopic (exact) mass is 420 g/mol. The topological polar surface area (TPSA) is 91.1 Å². The molecule has 3 heterocycles. The van der Waals surface area contributed by atoms with Gasteiger partial charge in [-0.1, -0.05) is 6.07 Å². The number of fused-ring (bicyclic) bond motifs is 1. The number of benzene rings is 1. The molecule has 2 aromatic heterocycles. The second kappa shape index (κ2) is 7.32. The van der Waals surface area contributed by atoms with Gasteiger partial charge in [0.25, 0.3) is 10.0 Å². The first kappa shape index (κ1) is 19.1. The summed E-state index contributed by atoms with van der Waals surface area (Å²) in [5, 5.41) is 12.4. The molecule has 0 unspecified atom stereocenters. The molecule has 1 aliphatic heterocycles. The number of aromatic hydroxyl groups is 1. The van der Waals surface area contributed by atoms with Crippen molar-refractivity contribution in [3.05, 3.63) is 57.3 Å². The van der Waals surface area contributed by atoms with Crippen LogP contribution in [-0.2, 0) is 16.6 Å². The summed E-state index contributed by atoms with van der Waals surface area (Å²) in [6, 6.07) is 8.16. The van der Waals surface area contributed by atoms with Gasteiger partial charge in [-0.2, -0.15) is 4.31 Å². The number of thiophene rings is 1. The van der Waals surface area contributed by atoms with Crippen molar-refractivity contribution >= 4 is 32.3 Å². The van der Waals surface area contributed by atoms with Gasteiger partial charge >= 0.3 is 5.63 Å². The maximum absolute atomic E-state index is 12.6. The lowest BCUT2D eigenvalue weighted by Crippen LogP contribution is -2.48. The number of sulfonamides is 1. The van der Waals surface area contributed by atoms with Crippen LogP contribution < -0.4 is 5.63 Å². The third-order valence-electron chi connectivity index (χ3n) is 5.03. The fourth-order valence-electron chi connectivity index (χ4n) is 3.45. The number of nitrogens with zero attached hydrogens (tertiary/aromatic N) is 2. The molecule has 1 aliphatic rings. The molecule has 148 valence electrons. The van der Waals surface area contributed by atoms with Gasteiger partial charge in [0.15, 0.2) is 0 Å². The third-order valence-corrected chi connectivity index (χ3v) is 8.30. The number of hydrogen-bond donors (Lipinski definition) is 1. The Morgan fingerprint density at radius 1 is 1.18 bits per heavy atom. The van der Waals surface area contributed by atoms with Crippen molar-refractivity contribution in [2.75, 3.05) is 26.2 Å². The van der Waals surface area contributed by atoms with Crippen LogP contribution in [0.1, 0.15) is 11.1 Å². The number of phenols is 1. The Hall–Kier alpha value is -2.20. The van der Waals surface area contributed by atoms with Crippen LogP contribution >= 0.6 is 11.3 Å². The van der Waals surface area contributed by atoms with Crippen LogP contribution in [0.3, 0.4) is 0 Å². The summed E-state index contributed by atoms with van der Waals surface area (Å²) < 4.78 is 32.4. The maximum atomic E-state index is 12.6. The second-order valence-electron chi connectivity index (χ2n) is 6.79. The van der Waals surface area contributed by atoms with E-state index in [0.29, 0.717) is 48.1 Å². The van der Waals surface area contributed by atoms with Gasteiger partial charge in [0.1, 0.15) is 15.5 Å². The molecule has 3 aromatic rings. The largest absolute Gasteiger partial charge is 0.508 e. The van der Waals surface area contributed by atoms with Gasteiger partial charge in [-0.15, -0.1) is 11.3 Å². The molecule has 0 bridgehead atoms. The Morgan fingerprint density at radius 3 is 2.61 bits per heavy atom. The smallest absolute Gasteiger partial charge is 0.336 e. The minimum Gasteiger partial charge on any atom is -0.508 e. The van der Waals surface area contributed by atoms with E-state index < -0.39 is 15.6 Å². The molecule has 4 rings (SSSR count). The molecule has 0 atom stereocenters. The maximum Gasteiger partial charge on any atom is 0.336 e. The van der Waals surface area contributed by atoms with Gasteiger partial charge in [0, 0.05) is 49.7 Å². The minimum absolute atomic E-state index is 0.0835. The van der Waals surface area contributed by atoms with Gasteiger partial charge in [0.05, 0.1) is 0 Å². The molecule has 28 heavy (non-hydrogen) atoms. The highest BCUT2D eigenvalue weighted by Crippen LogP contribution is 2.28. The molecule has 0 radical (unpaired) electrons. The van der Waals surface area contributed by atoms with Gasteiger partial charge in [0.2, 0.25) is 0 Å². The van der Waals surface area contributed by atoms with E-state index >= 15 is 0 Å². The molecule has 0 amide bonds. The van der Waals surface area contributed by atoms with Crippen molar-refractivity contribution < 1.29 is 17.9 Å². The number of aryl methyl sites for hydroxylation is 1. The van der Waals surface area contributed by atoms with Crippen molar-refractivity contribution in [2.24, 2.45) is 0 Å². The van der Waals surface area contributed by atoms with Gasteiger partial charge in [-0.05, 0) is 36.1 Å². The first-order valence-electron chi connectivity index (χ1n) is 8.87. The zero-order valence-electron chi connectivity index (χ0n) is 15.3. The zero-order valence-corrected chi connectivity index (χ0v) is 16.9. The zero-order chi connectivity index (χ0) is 19.9. The van der Waals surface area contributed by atoms with E-state index in [0.717, 1.165) is 10.9 Å². The first-order chi connectivity index (χ1) is 13.4. The lowest BCUT2D eigenvalue weighted by atomic mass is 10.1. The van der Waals surface area contributed by atoms with Crippen LogP contribution in [0.5, 0.6) is 5.75 Å². The summed E-state index contributed by atoms with van der Waals surface area (Å²) in [6.45, 7) is 4.17. The molecule has 9 heteroatoms. The van der Waals surface area contributed by atoms with E-state index in [9.17, 15) is 18.3 Å². The molecular weight excluding hydrogens is 400 g/mol. The van der Waals surface area contributed by atoms with Crippen LogP contribution in [0.4, 0.5) is 0 Å². The van der Waals surface area contributed by atoms with Crippen LogP contribution in [0.25, 0.3) is 11.0 Å². The lowest BCUT2D eigenvalue weighted by molar-refractivity contribution is 0.182. The molecule has 1 aromatic carbocycles. The Morgan fingerprint density at radius 2 is 1.93 bits per heavy atom. The van der Waals surface area contributed by atoms with E-state index in [2.05, 4.69) is 4.90 Å². The van der Waals surface area contributed by atoms with E-state index in [1.54, 1.807) is 36.6 Å². The highest BCUT2D eigenvalue weighted by molar-refractivity contribution is 7.91. The number of phenolic OH excluding ortho intramolecular Hbond substituents is 1. The average Bonchev–Trinajstić information content (AvgIpc) is 3.21. The number of rotatable bonds is 4. The van der Waals surface area contributed by atoms with Crippen molar-refractivity contribution in [2.45, 2.75) is 17.7 Å². The van der Waals surface area contributed by atoms with Crippen LogP contribution in [0.2, 0.25) is 0 Å². The summed E-state index contributed by atoms with van der Waals surface area (Å²) in [5.41, 5.74) is 1.27. The normalized spacial score (nSPS) is 16.6. The molecule has 1 fully saturated rings. The van der Waals surface area contributed by atoms with E-state index in [1.165, 1.54) is 21.7 Å². The van der Waals surface area contributed by atoms with Crippen molar-refractivity contribution in [1.29, 1.82) is 0 Å². The molecule has 7 nitrogen and oxygen atoms in total. The minimum atomic E-state index is -3.43. The van der Waals surface area contributed by atoms with Crippen LogP contribution in [-0.4, -0.2) is 48.9 Å². The first-order valence-corrected chi connectivity index (χ1v) is 11.2. The number of piperazine rings is 1. The Bertz CT molecular complexity index is 1160. The fraction of sp³-hybridized carbons (Fsp3) is 0.316. The van der Waals surface area contributed by atoms with Gasteiger partial charge < -0.3 is 9.52 Å². The van der Waals surface area contributed by atoms with E-state index in [-0.39, 0.29) is 5.75 Å². The van der Waals surface area contributed by atoms with Crippen molar-refractivity contribution in [3.63, 3.8) is 0 Å². The molecule has 1 saturated heterocycles. The van der Waals surface area contributed by atoms with E-state index in [4.69, 9.17) is 4.42 Å². The van der Waals surface area contributed by atoms with Crippen LogP contribution in [0.15, 0.2) is 49.1 Å². The molecular formula is C19H20N2O5S2. The summed E-state index contributed by atoms with van der Waals surface area (Å²) in [5.74, 6) is 0.0835.